The highest BCUT2D eigenvalue weighted by Gasteiger charge is 2.08. The molecule has 0 aliphatic rings. The minimum Gasteiger partial charge on any atom is -0.271 e. The van der Waals surface area contributed by atoms with Gasteiger partial charge in [-0.3, -0.25) is 11.3 Å². The summed E-state index contributed by atoms with van der Waals surface area (Å²) >= 11 is 1.88. The van der Waals surface area contributed by atoms with Gasteiger partial charge in [0.15, 0.2) is 0 Å². The van der Waals surface area contributed by atoms with E-state index in [0.29, 0.717) is 5.92 Å². The van der Waals surface area contributed by atoms with Crippen LogP contribution in [0.25, 0.3) is 0 Å². The zero-order chi connectivity index (χ0) is 12.7. The van der Waals surface area contributed by atoms with Gasteiger partial charge in [0.05, 0.1) is 0 Å². The number of nitrogens with two attached hydrogens (primary N) is 1. The molecule has 0 saturated heterocycles. The summed E-state index contributed by atoms with van der Waals surface area (Å²) in [6.45, 7) is 4.40. The summed E-state index contributed by atoms with van der Waals surface area (Å²) in [5.41, 5.74) is 3.78. The monoisotopic (exact) mass is 256 g/mol. The van der Waals surface area contributed by atoms with Gasteiger partial charge >= 0.3 is 0 Å². The molecule has 0 fully saturated rings. The molecule has 0 radical (unpaired) electrons. The number of hydrogen-bond donors (Lipinski definition) is 2. The van der Waals surface area contributed by atoms with E-state index in [-0.39, 0.29) is 11.9 Å². The fourth-order valence-electron chi connectivity index (χ4n) is 1.56. The van der Waals surface area contributed by atoms with Crippen molar-refractivity contribution in [2.75, 3.05) is 11.5 Å². The van der Waals surface area contributed by atoms with E-state index in [9.17, 15) is 4.39 Å². The number of benzene rings is 1. The molecular weight excluding hydrogens is 235 g/mol. The maximum Gasteiger partial charge on any atom is 0.123 e. The highest BCUT2D eigenvalue weighted by molar-refractivity contribution is 7.99. The van der Waals surface area contributed by atoms with Crippen molar-refractivity contribution in [1.82, 2.24) is 5.43 Å². The van der Waals surface area contributed by atoms with E-state index in [4.69, 9.17) is 5.84 Å². The zero-order valence-corrected chi connectivity index (χ0v) is 11.3. The molecule has 3 N–H and O–H groups in total. The molecule has 1 atom stereocenters. The Hall–Kier alpha value is -0.580. The lowest BCUT2D eigenvalue weighted by molar-refractivity contribution is 0.570. The Morgan fingerprint density at radius 2 is 2.12 bits per heavy atom. The van der Waals surface area contributed by atoms with Crippen LogP contribution in [0, 0.1) is 11.7 Å². The topological polar surface area (TPSA) is 38.0 Å². The molecule has 1 aromatic rings. The maximum atomic E-state index is 13.0. The summed E-state index contributed by atoms with van der Waals surface area (Å²) in [4.78, 5) is 0. The first-order valence-corrected chi connectivity index (χ1v) is 7.05. The van der Waals surface area contributed by atoms with Crippen LogP contribution in [0.15, 0.2) is 24.3 Å². The molecule has 96 valence electrons. The van der Waals surface area contributed by atoms with Gasteiger partial charge in [0, 0.05) is 11.8 Å². The SMILES string of the molecule is CC(C)CSCC(Cc1cccc(F)c1)NN. The van der Waals surface area contributed by atoms with Gasteiger partial charge in [0.2, 0.25) is 0 Å². The van der Waals surface area contributed by atoms with Crippen LogP contribution in [-0.2, 0) is 6.42 Å². The molecule has 0 aliphatic heterocycles. The normalized spacial score (nSPS) is 13.0. The van der Waals surface area contributed by atoms with Crippen molar-refractivity contribution in [2.24, 2.45) is 11.8 Å². The van der Waals surface area contributed by atoms with Crippen LogP contribution in [0.1, 0.15) is 19.4 Å². The van der Waals surface area contributed by atoms with E-state index in [1.807, 2.05) is 17.8 Å². The van der Waals surface area contributed by atoms with E-state index < -0.39 is 0 Å². The fraction of sp³-hybridized carbons (Fsp3) is 0.538. The molecule has 0 amide bonds. The lowest BCUT2D eigenvalue weighted by Crippen LogP contribution is -2.38. The Kier molecular flexibility index (Phi) is 6.55. The van der Waals surface area contributed by atoms with Crippen LogP contribution in [0.4, 0.5) is 4.39 Å². The van der Waals surface area contributed by atoms with Crippen molar-refractivity contribution in [3.8, 4) is 0 Å². The van der Waals surface area contributed by atoms with Gasteiger partial charge in [-0.15, -0.1) is 0 Å². The Balaban J connectivity index is 2.41. The zero-order valence-electron chi connectivity index (χ0n) is 10.4. The summed E-state index contributed by atoms with van der Waals surface area (Å²) < 4.78 is 13.0. The average Bonchev–Trinajstić information content (AvgIpc) is 2.27. The third-order valence-corrected chi connectivity index (χ3v) is 3.92. The third-order valence-electron chi connectivity index (χ3n) is 2.38. The van der Waals surface area contributed by atoms with E-state index in [2.05, 4.69) is 19.3 Å². The second-order valence-corrected chi connectivity index (χ2v) is 5.70. The smallest absolute Gasteiger partial charge is 0.123 e. The Bertz CT molecular complexity index is 331. The molecule has 0 aliphatic carbocycles. The quantitative estimate of drug-likeness (QED) is 0.582. The number of thioether (sulfide) groups is 1. The molecule has 0 heterocycles. The molecule has 2 nitrogen and oxygen atoms in total. The number of nitrogens with one attached hydrogen (secondary N) is 1. The lowest BCUT2D eigenvalue weighted by atomic mass is 10.1. The molecule has 0 bridgehead atoms. The molecule has 1 aromatic carbocycles. The molecule has 0 saturated carbocycles. The van der Waals surface area contributed by atoms with Crippen LogP contribution in [0.5, 0.6) is 0 Å². The summed E-state index contributed by atoms with van der Waals surface area (Å²) in [7, 11) is 0. The number of hydrogen-bond acceptors (Lipinski definition) is 3. The third kappa shape index (κ3) is 6.05. The van der Waals surface area contributed by atoms with Gasteiger partial charge in [-0.2, -0.15) is 11.8 Å². The number of rotatable bonds is 7. The summed E-state index contributed by atoms with van der Waals surface area (Å²) in [6.07, 6.45) is 0.763. The lowest BCUT2D eigenvalue weighted by Gasteiger charge is -2.16. The molecule has 17 heavy (non-hydrogen) atoms. The van der Waals surface area contributed by atoms with Crippen molar-refractivity contribution in [2.45, 2.75) is 26.3 Å². The molecule has 0 spiro atoms. The van der Waals surface area contributed by atoms with Gasteiger partial charge in [0.1, 0.15) is 5.82 Å². The Morgan fingerprint density at radius 3 is 2.71 bits per heavy atom. The van der Waals surface area contributed by atoms with Crippen LogP contribution >= 0.6 is 11.8 Å². The van der Waals surface area contributed by atoms with Crippen LogP contribution in [0.3, 0.4) is 0 Å². The van der Waals surface area contributed by atoms with Gasteiger partial charge in [-0.05, 0) is 35.8 Å². The average molecular weight is 256 g/mol. The minimum atomic E-state index is -0.187. The van der Waals surface area contributed by atoms with Crippen LogP contribution in [0.2, 0.25) is 0 Å². The van der Waals surface area contributed by atoms with Crippen LogP contribution < -0.4 is 11.3 Å². The first-order valence-electron chi connectivity index (χ1n) is 5.90. The molecular formula is C13H21FN2S. The maximum absolute atomic E-state index is 13.0. The molecule has 0 aromatic heterocycles. The van der Waals surface area contributed by atoms with Gasteiger partial charge in [-0.1, -0.05) is 26.0 Å². The van der Waals surface area contributed by atoms with E-state index in [1.54, 1.807) is 12.1 Å². The Morgan fingerprint density at radius 1 is 1.35 bits per heavy atom. The largest absolute Gasteiger partial charge is 0.271 e. The predicted molar refractivity (Wildman–Crippen MR) is 73.4 cm³/mol. The summed E-state index contributed by atoms with van der Waals surface area (Å²) in [5, 5.41) is 0. The fourth-order valence-corrected chi connectivity index (χ4v) is 2.67. The predicted octanol–water partition coefficient (Wildman–Crippen LogP) is 2.59. The first kappa shape index (κ1) is 14.5. The second kappa shape index (κ2) is 7.69. The molecule has 1 unspecified atom stereocenters. The van der Waals surface area contributed by atoms with Crippen molar-refractivity contribution < 1.29 is 4.39 Å². The Labute approximate surface area is 107 Å². The van der Waals surface area contributed by atoms with Crippen molar-refractivity contribution in [3.05, 3.63) is 35.6 Å². The van der Waals surface area contributed by atoms with E-state index >= 15 is 0 Å². The highest BCUT2D eigenvalue weighted by Crippen LogP contribution is 2.12. The van der Waals surface area contributed by atoms with Gasteiger partial charge in [0.25, 0.3) is 0 Å². The van der Waals surface area contributed by atoms with Crippen molar-refractivity contribution in [1.29, 1.82) is 0 Å². The minimum absolute atomic E-state index is 0.187. The van der Waals surface area contributed by atoms with Gasteiger partial charge in [-0.25, -0.2) is 4.39 Å². The first-order chi connectivity index (χ1) is 8.11. The standard InChI is InChI=1S/C13H21FN2S/c1-10(2)8-17-9-13(16-15)7-11-4-3-5-12(14)6-11/h3-6,10,13,16H,7-9,15H2,1-2H3. The number of halogens is 1. The summed E-state index contributed by atoms with van der Waals surface area (Å²) in [5.74, 6) is 8.10. The van der Waals surface area contributed by atoms with E-state index in [0.717, 1.165) is 23.5 Å². The van der Waals surface area contributed by atoms with Crippen LogP contribution in [-0.4, -0.2) is 17.5 Å². The number of hydrazine groups is 1. The summed E-state index contributed by atoms with van der Waals surface area (Å²) in [6, 6.07) is 6.89. The molecule has 1 rings (SSSR count). The molecule has 4 heteroatoms. The van der Waals surface area contributed by atoms with Crippen molar-refractivity contribution in [3.63, 3.8) is 0 Å². The van der Waals surface area contributed by atoms with Crippen molar-refractivity contribution >= 4 is 11.8 Å². The van der Waals surface area contributed by atoms with Gasteiger partial charge < -0.3 is 0 Å². The second-order valence-electron chi connectivity index (χ2n) is 4.63. The van der Waals surface area contributed by atoms with E-state index in [1.165, 1.54) is 6.07 Å². The highest BCUT2D eigenvalue weighted by atomic mass is 32.2.